The Morgan fingerprint density at radius 1 is 0.917 bits per heavy atom. The number of aryl methyl sites for hydroxylation is 2. The quantitative estimate of drug-likeness (QED) is 0.753. The van der Waals surface area contributed by atoms with Crippen molar-refractivity contribution in [3.8, 4) is 0 Å². The van der Waals surface area contributed by atoms with E-state index in [0.29, 0.717) is 0 Å². The Morgan fingerprint density at radius 3 is 2.46 bits per heavy atom. The fourth-order valence-corrected chi connectivity index (χ4v) is 2.61. The van der Waals surface area contributed by atoms with E-state index in [1.54, 1.807) is 0 Å². The molecule has 24 heavy (non-hydrogen) atoms. The van der Waals surface area contributed by atoms with Crippen molar-refractivity contribution in [2.75, 3.05) is 17.3 Å². The summed E-state index contributed by atoms with van der Waals surface area (Å²) in [5.74, 6) is 2.46. The van der Waals surface area contributed by atoms with Crippen molar-refractivity contribution < 1.29 is 0 Å². The van der Waals surface area contributed by atoms with E-state index in [0.717, 1.165) is 29.7 Å². The van der Waals surface area contributed by atoms with Gasteiger partial charge in [-0.15, -0.1) is 0 Å². The lowest BCUT2D eigenvalue weighted by molar-refractivity contribution is 0.995. The van der Waals surface area contributed by atoms with Gasteiger partial charge in [0.2, 0.25) is 0 Å². The third kappa shape index (κ3) is 3.90. The summed E-state index contributed by atoms with van der Waals surface area (Å²) >= 11 is 0. The highest BCUT2D eigenvalue weighted by Gasteiger charge is 2.08. The third-order valence-electron chi connectivity index (χ3n) is 3.87. The highest BCUT2D eigenvalue weighted by atomic mass is 15.2. The van der Waals surface area contributed by atoms with E-state index < -0.39 is 0 Å². The molecule has 122 valence electrons. The van der Waals surface area contributed by atoms with Gasteiger partial charge < -0.3 is 10.2 Å². The Morgan fingerprint density at radius 2 is 1.71 bits per heavy atom. The summed E-state index contributed by atoms with van der Waals surface area (Å²) in [7, 11) is 2.02. The number of benzene rings is 2. The molecule has 0 aliphatic rings. The molecule has 0 unspecified atom stereocenters. The minimum Gasteiger partial charge on any atom is -0.366 e. The second-order valence-corrected chi connectivity index (χ2v) is 5.90. The molecule has 1 heterocycles. The van der Waals surface area contributed by atoms with Gasteiger partial charge in [-0.3, -0.25) is 0 Å². The summed E-state index contributed by atoms with van der Waals surface area (Å²) in [5, 5.41) is 3.40. The van der Waals surface area contributed by atoms with E-state index >= 15 is 0 Å². The number of aromatic nitrogens is 2. The molecular formula is C20H22N4. The lowest BCUT2D eigenvalue weighted by Crippen LogP contribution is -2.13. The van der Waals surface area contributed by atoms with Gasteiger partial charge in [0.25, 0.3) is 0 Å². The normalized spacial score (nSPS) is 10.5. The highest BCUT2D eigenvalue weighted by Crippen LogP contribution is 2.23. The molecule has 4 heteroatoms. The standard InChI is InChI=1S/C20H22N4/c1-15-8-7-9-17(12-15)14-21-19-13-20(23-16(2)22-19)24(3)18-10-5-4-6-11-18/h4-13H,14H2,1-3H3,(H,21,22,23). The second-order valence-electron chi connectivity index (χ2n) is 5.90. The van der Waals surface area contributed by atoms with Crippen LogP contribution in [0.15, 0.2) is 60.7 Å². The van der Waals surface area contributed by atoms with Gasteiger partial charge in [0.1, 0.15) is 17.5 Å². The third-order valence-corrected chi connectivity index (χ3v) is 3.87. The van der Waals surface area contributed by atoms with Crippen LogP contribution >= 0.6 is 0 Å². The number of nitrogens with zero attached hydrogens (tertiary/aromatic N) is 3. The summed E-state index contributed by atoms with van der Waals surface area (Å²) in [4.78, 5) is 11.1. The van der Waals surface area contributed by atoms with Gasteiger partial charge in [0, 0.05) is 25.3 Å². The molecule has 3 aromatic rings. The Kier molecular flexibility index (Phi) is 4.75. The zero-order valence-corrected chi connectivity index (χ0v) is 14.3. The van der Waals surface area contributed by atoms with Gasteiger partial charge in [-0.2, -0.15) is 0 Å². The van der Waals surface area contributed by atoms with Crippen LogP contribution in [0.1, 0.15) is 17.0 Å². The molecule has 0 spiro atoms. The molecule has 1 N–H and O–H groups in total. The maximum absolute atomic E-state index is 4.55. The molecule has 3 rings (SSSR count). The maximum Gasteiger partial charge on any atom is 0.138 e. The van der Waals surface area contributed by atoms with Gasteiger partial charge in [0.15, 0.2) is 0 Å². The van der Waals surface area contributed by atoms with Crippen LogP contribution in [0.4, 0.5) is 17.3 Å². The first-order chi connectivity index (χ1) is 11.6. The Labute approximate surface area is 143 Å². The van der Waals surface area contributed by atoms with E-state index in [1.165, 1.54) is 11.1 Å². The van der Waals surface area contributed by atoms with Crippen molar-refractivity contribution in [1.82, 2.24) is 9.97 Å². The van der Waals surface area contributed by atoms with Crippen LogP contribution in [0.3, 0.4) is 0 Å². The predicted molar refractivity (Wildman–Crippen MR) is 99.8 cm³/mol. The van der Waals surface area contributed by atoms with E-state index in [9.17, 15) is 0 Å². The van der Waals surface area contributed by atoms with E-state index in [1.807, 2.05) is 38.2 Å². The summed E-state index contributed by atoms with van der Waals surface area (Å²) in [6.07, 6.45) is 0. The molecule has 0 bridgehead atoms. The van der Waals surface area contributed by atoms with Crippen LogP contribution in [-0.4, -0.2) is 17.0 Å². The SMILES string of the molecule is Cc1cccc(CNc2cc(N(C)c3ccccc3)nc(C)n2)c1. The lowest BCUT2D eigenvalue weighted by Gasteiger charge is -2.19. The summed E-state index contributed by atoms with van der Waals surface area (Å²) < 4.78 is 0. The molecular weight excluding hydrogens is 296 g/mol. The molecule has 4 nitrogen and oxygen atoms in total. The predicted octanol–water partition coefficient (Wildman–Crippen LogP) is 4.47. The van der Waals surface area contributed by atoms with E-state index in [-0.39, 0.29) is 0 Å². The number of hydrogen-bond acceptors (Lipinski definition) is 4. The molecule has 0 saturated heterocycles. The average molecular weight is 318 g/mol. The topological polar surface area (TPSA) is 41.0 Å². The first-order valence-corrected chi connectivity index (χ1v) is 8.06. The van der Waals surface area contributed by atoms with E-state index in [2.05, 4.69) is 63.5 Å². The summed E-state index contributed by atoms with van der Waals surface area (Å²) in [6, 6.07) is 20.6. The zero-order chi connectivity index (χ0) is 16.9. The molecule has 0 radical (unpaired) electrons. The van der Waals surface area contributed by atoms with Crippen molar-refractivity contribution >= 4 is 17.3 Å². The van der Waals surface area contributed by atoms with Crippen LogP contribution in [0.2, 0.25) is 0 Å². The smallest absolute Gasteiger partial charge is 0.138 e. The monoisotopic (exact) mass is 318 g/mol. The molecule has 0 saturated carbocycles. The van der Waals surface area contributed by atoms with Gasteiger partial charge in [-0.25, -0.2) is 9.97 Å². The van der Waals surface area contributed by atoms with Crippen molar-refractivity contribution in [2.45, 2.75) is 20.4 Å². The maximum atomic E-state index is 4.55. The van der Waals surface area contributed by atoms with Crippen molar-refractivity contribution in [2.24, 2.45) is 0 Å². The van der Waals surface area contributed by atoms with Gasteiger partial charge in [-0.05, 0) is 31.5 Å². The first kappa shape index (κ1) is 16.0. The minimum atomic E-state index is 0.743. The molecule has 0 aliphatic heterocycles. The number of hydrogen-bond donors (Lipinski definition) is 1. The highest BCUT2D eigenvalue weighted by molar-refractivity contribution is 5.61. The Bertz CT molecular complexity index is 815. The van der Waals surface area contributed by atoms with Crippen LogP contribution in [-0.2, 0) is 6.54 Å². The average Bonchev–Trinajstić information content (AvgIpc) is 2.60. The van der Waals surface area contributed by atoms with Crippen molar-refractivity contribution in [3.05, 3.63) is 77.6 Å². The van der Waals surface area contributed by atoms with E-state index in [4.69, 9.17) is 0 Å². The largest absolute Gasteiger partial charge is 0.366 e. The number of anilines is 3. The minimum absolute atomic E-state index is 0.743. The van der Waals surface area contributed by atoms with Crippen molar-refractivity contribution in [3.63, 3.8) is 0 Å². The van der Waals surface area contributed by atoms with Crippen molar-refractivity contribution in [1.29, 1.82) is 0 Å². The first-order valence-electron chi connectivity index (χ1n) is 8.06. The van der Waals surface area contributed by atoms with Gasteiger partial charge in [0.05, 0.1) is 0 Å². The number of para-hydroxylation sites is 1. The summed E-state index contributed by atoms with van der Waals surface area (Å²) in [5.41, 5.74) is 3.60. The summed E-state index contributed by atoms with van der Waals surface area (Å²) in [6.45, 7) is 4.76. The number of rotatable bonds is 5. The number of nitrogens with one attached hydrogen (secondary N) is 1. The molecule has 1 aromatic heterocycles. The van der Waals surface area contributed by atoms with Crippen LogP contribution in [0, 0.1) is 13.8 Å². The van der Waals surface area contributed by atoms with Gasteiger partial charge >= 0.3 is 0 Å². The molecule has 0 amide bonds. The van der Waals surface area contributed by atoms with Crippen LogP contribution < -0.4 is 10.2 Å². The Hall–Kier alpha value is -2.88. The fraction of sp³-hybridized carbons (Fsp3) is 0.200. The van der Waals surface area contributed by atoms with Crippen LogP contribution in [0.25, 0.3) is 0 Å². The molecule has 0 atom stereocenters. The molecule has 0 aliphatic carbocycles. The zero-order valence-electron chi connectivity index (χ0n) is 14.3. The molecule has 0 fully saturated rings. The van der Waals surface area contributed by atoms with Gasteiger partial charge in [-0.1, -0.05) is 48.0 Å². The lowest BCUT2D eigenvalue weighted by atomic mass is 10.1. The second kappa shape index (κ2) is 7.13. The van der Waals surface area contributed by atoms with Crippen LogP contribution in [0.5, 0.6) is 0 Å². The fourth-order valence-electron chi connectivity index (χ4n) is 2.61. The molecule has 2 aromatic carbocycles. The Balaban J connectivity index is 1.79.